The molecule has 0 saturated heterocycles. The number of hydrogen-bond acceptors (Lipinski definition) is 4. The number of tetrazole rings is 1. The highest BCUT2D eigenvalue weighted by Gasteiger charge is 2.60. The maximum Gasteiger partial charge on any atom is 0.228 e. The summed E-state index contributed by atoms with van der Waals surface area (Å²) in [5, 5.41) is 15.2. The Morgan fingerprint density at radius 1 is 1.31 bits per heavy atom. The van der Waals surface area contributed by atoms with E-state index in [1.54, 1.807) is 0 Å². The molecular formula is C20H25N5O. The predicted molar refractivity (Wildman–Crippen MR) is 100 cm³/mol. The summed E-state index contributed by atoms with van der Waals surface area (Å²) in [6.07, 6.45) is 4.46. The van der Waals surface area contributed by atoms with Gasteiger partial charge >= 0.3 is 0 Å². The zero-order valence-corrected chi connectivity index (χ0v) is 15.7. The number of nitrogens with zero attached hydrogens (tertiary/aromatic N) is 4. The standard InChI is InChI=1S/C20H25N5O/c1-12(2)10-16-17(20(16,3)4)19(26)21-14-7-5-6-13(11-14)18-22-23-24-25(18)15-8-9-15/h5-7,10-11,15-17H,8-9H2,1-4H3,(H,21,26)/t16-,17+/m0/s1. The fourth-order valence-electron chi connectivity index (χ4n) is 3.75. The lowest BCUT2D eigenvalue weighted by Gasteiger charge is -2.08. The normalized spacial score (nSPS) is 23.4. The molecule has 0 aliphatic heterocycles. The van der Waals surface area contributed by atoms with Crippen LogP contribution in [0.25, 0.3) is 11.4 Å². The van der Waals surface area contributed by atoms with E-state index >= 15 is 0 Å². The molecule has 26 heavy (non-hydrogen) atoms. The lowest BCUT2D eigenvalue weighted by atomic mass is 10.1. The molecule has 1 heterocycles. The fraction of sp³-hybridized carbons (Fsp3) is 0.500. The Labute approximate surface area is 153 Å². The van der Waals surface area contributed by atoms with Crippen molar-refractivity contribution >= 4 is 11.6 Å². The van der Waals surface area contributed by atoms with Gasteiger partial charge in [0.25, 0.3) is 0 Å². The van der Waals surface area contributed by atoms with E-state index in [9.17, 15) is 4.79 Å². The quantitative estimate of drug-likeness (QED) is 0.831. The molecule has 1 N–H and O–H groups in total. The molecular weight excluding hydrogens is 326 g/mol. The number of aromatic nitrogens is 4. The highest BCUT2D eigenvalue weighted by molar-refractivity contribution is 5.96. The first kappa shape index (κ1) is 16.9. The van der Waals surface area contributed by atoms with Gasteiger partial charge in [0.1, 0.15) is 0 Å². The third-order valence-electron chi connectivity index (χ3n) is 5.48. The summed E-state index contributed by atoms with van der Waals surface area (Å²) < 4.78 is 1.88. The lowest BCUT2D eigenvalue weighted by Crippen LogP contribution is -2.16. The van der Waals surface area contributed by atoms with Gasteiger partial charge < -0.3 is 5.32 Å². The molecule has 0 radical (unpaired) electrons. The Morgan fingerprint density at radius 3 is 2.77 bits per heavy atom. The van der Waals surface area contributed by atoms with Gasteiger partial charge in [-0.3, -0.25) is 4.79 Å². The molecule has 1 amide bonds. The van der Waals surface area contributed by atoms with Gasteiger partial charge in [-0.1, -0.05) is 37.6 Å². The molecule has 136 valence electrons. The first-order valence-electron chi connectivity index (χ1n) is 9.22. The molecule has 2 fully saturated rings. The lowest BCUT2D eigenvalue weighted by molar-refractivity contribution is -0.118. The smallest absolute Gasteiger partial charge is 0.228 e. The van der Waals surface area contributed by atoms with Crippen LogP contribution in [-0.4, -0.2) is 26.1 Å². The van der Waals surface area contributed by atoms with Crippen molar-refractivity contribution in [3.8, 4) is 11.4 Å². The number of anilines is 1. The summed E-state index contributed by atoms with van der Waals surface area (Å²) in [5.41, 5.74) is 2.98. The van der Waals surface area contributed by atoms with E-state index in [0.29, 0.717) is 12.0 Å². The number of rotatable bonds is 5. The minimum absolute atomic E-state index is 0.00896. The molecule has 6 nitrogen and oxygen atoms in total. The van der Waals surface area contributed by atoms with Gasteiger partial charge in [0.2, 0.25) is 5.91 Å². The summed E-state index contributed by atoms with van der Waals surface area (Å²) in [6, 6.07) is 8.19. The molecule has 4 rings (SSSR count). The van der Waals surface area contributed by atoms with Crippen LogP contribution in [0.4, 0.5) is 5.69 Å². The fourth-order valence-corrected chi connectivity index (χ4v) is 3.75. The van der Waals surface area contributed by atoms with Crippen molar-refractivity contribution < 1.29 is 4.79 Å². The Hall–Kier alpha value is -2.50. The highest BCUT2D eigenvalue weighted by atomic mass is 16.2. The van der Waals surface area contributed by atoms with E-state index in [4.69, 9.17) is 0 Å². The predicted octanol–water partition coefficient (Wildman–Crippen LogP) is 3.85. The van der Waals surface area contributed by atoms with Gasteiger partial charge in [0.15, 0.2) is 5.82 Å². The van der Waals surface area contributed by atoms with Crippen LogP contribution in [0.1, 0.15) is 46.6 Å². The molecule has 1 aromatic heterocycles. The molecule has 2 saturated carbocycles. The van der Waals surface area contributed by atoms with Crippen molar-refractivity contribution in [1.29, 1.82) is 0 Å². The Bertz CT molecular complexity index is 874. The summed E-state index contributed by atoms with van der Waals surface area (Å²) in [4.78, 5) is 12.8. The van der Waals surface area contributed by atoms with Gasteiger partial charge in [-0.2, -0.15) is 0 Å². The molecule has 1 aromatic carbocycles. The number of carbonyl (C=O) groups is 1. The van der Waals surface area contributed by atoms with Crippen molar-refractivity contribution in [2.24, 2.45) is 17.3 Å². The van der Waals surface area contributed by atoms with E-state index in [2.05, 4.69) is 54.6 Å². The van der Waals surface area contributed by atoms with Crippen LogP contribution in [0, 0.1) is 17.3 Å². The van der Waals surface area contributed by atoms with Crippen LogP contribution in [0.3, 0.4) is 0 Å². The highest BCUT2D eigenvalue weighted by Crippen LogP contribution is 2.59. The summed E-state index contributed by atoms with van der Waals surface area (Å²) in [5.74, 6) is 1.16. The van der Waals surface area contributed by atoms with Crippen LogP contribution in [0.5, 0.6) is 0 Å². The number of hydrogen-bond donors (Lipinski definition) is 1. The summed E-state index contributed by atoms with van der Waals surface area (Å²) in [6.45, 7) is 8.47. The van der Waals surface area contributed by atoms with Gasteiger partial charge in [-0.25, -0.2) is 4.68 Å². The minimum Gasteiger partial charge on any atom is -0.326 e. The summed E-state index contributed by atoms with van der Waals surface area (Å²) >= 11 is 0. The number of nitrogens with one attached hydrogen (secondary N) is 1. The van der Waals surface area contributed by atoms with Crippen LogP contribution >= 0.6 is 0 Å². The monoisotopic (exact) mass is 351 g/mol. The first-order chi connectivity index (χ1) is 12.4. The SMILES string of the molecule is CC(C)=C[C@H]1[C@H](C(=O)Nc2cccc(-c3nnnn3C3CC3)c2)C1(C)C. The molecule has 2 aliphatic carbocycles. The molecule has 6 heteroatoms. The zero-order chi connectivity index (χ0) is 18.5. The number of carbonyl (C=O) groups excluding carboxylic acids is 1. The number of allylic oxidation sites excluding steroid dienone is 2. The number of amides is 1. The molecule has 2 aliphatic rings. The van der Waals surface area contributed by atoms with Crippen molar-refractivity contribution in [2.75, 3.05) is 5.32 Å². The molecule has 2 aromatic rings. The van der Waals surface area contributed by atoms with E-state index in [0.717, 1.165) is 29.9 Å². The Kier molecular flexibility index (Phi) is 3.93. The van der Waals surface area contributed by atoms with Crippen molar-refractivity contribution in [1.82, 2.24) is 20.2 Å². The number of benzene rings is 1. The van der Waals surface area contributed by atoms with Crippen molar-refractivity contribution in [3.05, 3.63) is 35.9 Å². The summed E-state index contributed by atoms with van der Waals surface area (Å²) in [7, 11) is 0. The third-order valence-corrected chi connectivity index (χ3v) is 5.48. The molecule has 2 atom stereocenters. The van der Waals surface area contributed by atoms with Crippen LogP contribution in [0.2, 0.25) is 0 Å². The second-order valence-electron chi connectivity index (χ2n) is 8.32. The zero-order valence-electron chi connectivity index (χ0n) is 15.7. The van der Waals surface area contributed by atoms with E-state index in [1.807, 2.05) is 28.9 Å². The molecule has 0 bridgehead atoms. The second kappa shape index (κ2) is 6.04. The van der Waals surface area contributed by atoms with Gasteiger partial charge in [0, 0.05) is 11.3 Å². The Morgan fingerprint density at radius 2 is 2.08 bits per heavy atom. The van der Waals surface area contributed by atoms with Crippen LogP contribution < -0.4 is 5.32 Å². The second-order valence-corrected chi connectivity index (χ2v) is 8.32. The molecule has 0 spiro atoms. The van der Waals surface area contributed by atoms with E-state index in [-0.39, 0.29) is 17.2 Å². The maximum atomic E-state index is 12.8. The maximum absolute atomic E-state index is 12.8. The minimum atomic E-state index is 0.00896. The van der Waals surface area contributed by atoms with Crippen molar-refractivity contribution in [2.45, 2.75) is 46.6 Å². The largest absolute Gasteiger partial charge is 0.326 e. The third kappa shape index (κ3) is 3.04. The average molecular weight is 351 g/mol. The van der Waals surface area contributed by atoms with E-state index in [1.165, 1.54) is 5.57 Å². The topological polar surface area (TPSA) is 72.7 Å². The Balaban J connectivity index is 1.52. The van der Waals surface area contributed by atoms with E-state index < -0.39 is 0 Å². The first-order valence-corrected chi connectivity index (χ1v) is 9.22. The van der Waals surface area contributed by atoms with Crippen LogP contribution in [0.15, 0.2) is 35.9 Å². The van der Waals surface area contributed by atoms with Crippen LogP contribution in [-0.2, 0) is 4.79 Å². The average Bonchev–Trinajstić information content (AvgIpc) is 3.43. The van der Waals surface area contributed by atoms with Gasteiger partial charge in [0.05, 0.1) is 12.0 Å². The van der Waals surface area contributed by atoms with Gasteiger partial charge in [-0.15, -0.1) is 5.10 Å². The van der Waals surface area contributed by atoms with Gasteiger partial charge in [-0.05, 0) is 60.6 Å². The molecule has 0 unspecified atom stereocenters. The van der Waals surface area contributed by atoms with Crippen molar-refractivity contribution in [3.63, 3.8) is 0 Å².